The number of rotatable bonds is 5. The molecule has 90 valence electrons. The van der Waals surface area contributed by atoms with E-state index in [1.807, 2.05) is 6.92 Å². The number of aliphatic carboxylic acids is 1. The van der Waals surface area contributed by atoms with E-state index in [0.29, 0.717) is 38.5 Å². The number of carbonyl (C=O) groups is 2. The number of carboxylic acid groups (broad SMARTS) is 1. The van der Waals surface area contributed by atoms with Crippen molar-refractivity contribution in [1.29, 1.82) is 0 Å². The topological polar surface area (TPSA) is 54.4 Å². The fourth-order valence-electron chi connectivity index (χ4n) is 2.67. The Bertz CT molecular complexity index is 286. The third kappa shape index (κ3) is 2.52. The Morgan fingerprint density at radius 2 is 2.00 bits per heavy atom. The molecule has 0 amide bonds. The van der Waals surface area contributed by atoms with E-state index < -0.39 is 5.97 Å². The zero-order valence-electron chi connectivity index (χ0n) is 9.87. The molecule has 0 radical (unpaired) electrons. The zero-order chi connectivity index (χ0) is 12.2. The standard InChI is InChI=1S/C13H20O3/c1-3-7-13(11(14)4-2)8-5-10(6-9-13)12(15)16/h3,10H,1,4-9H2,2H3,(H,15,16). The lowest BCUT2D eigenvalue weighted by atomic mass is 9.66. The second kappa shape index (κ2) is 5.28. The van der Waals surface area contributed by atoms with Crippen molar-refractivity contribution >= 4 is 11.8 Å². The maximum atomic E-state index is 12.0. The monoisotopic (exact) mass is 224 g/mol. The molecule has 1 aliphatic carbocycles. The Kier molecular flexibility index (Phi) is 4.27. The largest absolute Gasteiger partial charge is 0.481 e. The Balaban J connectivity index is 2.73. The summed E-state index contributed by atoms with van der Waals surface area (Å²) in [5.74, 6) is -0.727. The molecule has 0 aromatic rings. The molecule has 0 unspecified atom stereocenters. The van der Waals surface area contributed by atoms with Gasteiger partial charge in [0.1, 0.15) is 5.78 Å². The van der Waals surface area contributed by atoms with Gasteiger partial charge in [-0.3, -0.25) is 9.59 Å². The van der Waals surface area contributed by atoms with Crippen molar-refractivity contribution in [1.82, 2.24) is 0 Å². The van der Waals surface area contributed by atoms with Gasteiger partial charge >= 0.3 is 5.97 Å². The maximum absolute atomic E-state index is 12.0. The van der Waals surface area contributed by atoms with Crippen LogP contribution >= 0.6 is 0 Å². The van der Waals surface area contributed by atoms with Crippen LogP contribution in [-0.2, 0) is 9.59 Å². The second-order valence-electron chi connectivity index (χ2n) is 4.66. The molecule has 0 aromatic heterocycles. The van der Waals surface area contributed by atoms with Gasteiger partial charge in [-0.15, -0.1) is 6.58 Å². The molecule has 0 bridgehead atoms. The van der Waals surface area contributed by atoms with Crippen molar-refractivity contribution in [3.05, 3.63) is 12.7 Å². The molecule has 3 heteroatoms. The molecule has 0 atom stereocenters. The van der Waals surface area contributed by atoms with E-state index >= 15 is 0 Å². The average molecular weight is 224 g/mol. The van der Waals surface area contributed by atoms with Gasteiger partial charge in [0.15, 0.2) is 0 Å². The van der Waals surface area contributed by atoms with Crippen LogP contribution in [0.4, 0.5) is 0 Å². The van der Waals surface area contributed by atoms with E-state index in [9.17, 15) is 9.59 Å². The Morgan fingerprint density at radius 3 is 2.38 bits per heavy atom. The van der Waals surface area contributed by atoms with Crippen LogP contribution in [0, 0.1) is 11.3 Å². The van der Waals surface area contributed by atoms with Crippen molar-refractivity contribution in [3.63, 3.8) is 0 Å². The highest BCUT2D eigenvalue weighted by atomic mass is 16.4. The first-order valence-corrected chi connectivity index (χ1v) is 5.92. The molecule has 1 aliphatic rings. The Labute approximate surface area is 96.5 Å². The Hall–Kier alpha value is -1.12. The molecule has 0 aromatic carbocycles. The summed E-state index contributed by atoms with van der Waals surface area (Å²) in [5.41, 5.74) is -0.317. The summed E-state index contributed by atoms with van der Waals surface area (Å²) in [4.78, 5) is 22.8. The first-order valence-electron chi connectivity index (χ1n) is 5.92. The first-order chi connectivity index (χ1) is 7.55. The third-order valence-electron chi connectivity index (χ3n) is 3.74. The molecular formula is C13H20O3. The normalized spacial score (nSPS) is 29.7. The quantitative estimate of drug-likeness (QED) is 0.730. The molecule has 0 aliphatic heterocycles. The molecule has 0 heterocycles. The molecular weight excluding hydrogens is 204 g/mol. The van der Waals surface area contributed by atoms with Crippen molar-refractivity contribution in [2.45, 2.75) is 45.4 Å². The number of hydrogen-bond acceptors (Lipinski definition) is 2. The van der Waals surface area contributed by atoms with Crippen LogP contribution in [0.5, 0.6) is 0 Å². The molecule has 1 fully saturated rings. The van der Waals surface area contributed by atoms with Gasteiger partial charge in [-0.1, -0.05) is 13.0 Å². The number of allylic oxidation sites excluding steroid dienone is 1. The number of Topliss-reactive ketones (excluding diaryl/α,β-unsaturated/α-hetero) is 1. The second-order valence-corrected chi connectivity index (χ2v) is 4.66. The van der Waals surface area contributed by atoms with E-state index in [0.717, 1.165) is 0 Å². The predicted octanol–water partition coefficient (Wildman–Crippen LogP) is 2.80. The first kappa shape index (κ1) is 12.9. The van der Waals surface area contributed by atoms with E-state index in [2.05, 4.69) is 6.58 Å². The van der Waals surface area contributed by atoms with Crippen LogP contribution < -0.4 is 0 Å². The van der Waals surface area contributed by atoms with Crippen molar-refractivity contribution in [2.75, 3.05) is 0 Å². The lowest BCUT2D eigenvalue weighted by molar-refractivity contribution is -0.145. The predicted molar refractivity (Wildman–Crippen MR) is 62.1 cm³/mol. The van der Waals surface area contributed by atoms with Gasteiger partial charge < -0.3 is 5.11 Å². The minimum absolute atomic E-state index is 0.260. The van der Waals surface area contributed by atoms with Gasteiger partial charge in [0.2, 0.25) is 0 Å². The van der Waals surface area contributed by atoms with Gasteiger partial charge in [-0.2, -0.15) is 0 Å². The highest BCUT2D eigenvalue weighted by molar-refractivity contribution is 5.85. The highest BCUT2D eigenvalue weighted by Crippen LogP contribution is 2.43. The summed E-state index contributed by atoms with van der Waals surface area (Å²) in [6, 6.07) is 0. The molecule has 0 saturated heterocycles. The lowest BCUT2D eigenvalue weighted by Gasteiger charge is -2.37. The summed E-state index contributed by atoms with van der Waals surface area (Å²) in [6.45, 7) is 5.57. The van der Waals surface area contributed by atoms with Crippen LogP contribution in [0.3, 0.4) is 0 Å². The molecule has 0 spiro atoms. The van der Waals surface area contributed by atoms with Crippen molar-refractivity contribution in [3.8, 4) is 0 Å². The number of carboxylic acids is 1. The third-order valence-corrected chi connectivity index (χ3v) is 3.74. The zero-order valence-corrected chi connectivity index (χ0v) is 9.87. The smallest absolute Gasteiger partial charge is 0.306 e. The minimum atomic E-state index is -0.726. The maximum Gasteiger partial charge on any atom is 0.306 e. The highest BCUT2D eigenvalue weighted by Gasteiger charge is 2.40. The molecule has 1 saturated carbocycles. The summed E-state index contributed by atoms with van der Waals surface area (Å²) in [7, 11) is 0. The number of carbonyl (C=O) groups excluding carboxylic acids is 1. The van der Waals surface area contributed by atoms with Crippen molar-refractivity contribution in [2.24, 2.45) is 11.3 Å². The lowest BCUT2D eigenvalue weighted by Crippen LogP contribution is -2.36. The van der Waals surface area contributed by atoms with Crippen LogP contribution in [0.15, 0.2) is 12.7 Å². The summed E-state index contributed by atoms with van der Waals surface area (Å²) >= 11 is 0. The fraction of sp³-hybridized carbons (Fsp3) is 0.692. The van der Waals surface area contributed by atoms with Crippen LogP contribution in [0.1, 0.15) is 45.4 Å². The number of ketones is 1. The van der Waals surface area contributed by atoms with E-state index in [4.69, 9.17) is 5.11 Å². The number of hydrogen-bond donors (Lipinski definition) is 1. The molecule has 1 rings (SSSR count). The van der Waals surface area contributed by atoms with Crippen molar-refractivity contribution < 1.29 is 14.7 Å². The van der Waals surface area contributed by atoms with Crippen LogP contribution in [0.2, 0.25) is 0 Å². The van der Waals surface area contributed by atoms with Gasteiger partial charge in [0.25, 0.3) is 0 Å². The van der Waals surface area contributed by atoms with Crippen LogP contribution in [0.25, 0.3) is 0 Å². The summed E-state index contributed by atoms with van der Waals surface area (Å²) in [5, 5.41) is 8.93. The Morgan fingerprint density at radius 1 is 1.44 bits per heavy atom. The summed E-state index contributed by atoms with van der Waals surface area (Å²) in [6.07, 6.45) is 5.64. The van der Waals surface area contributed by atoms with E-state index in [1.165, 1.54) is 0 Å². The van der Waals surface area contributed by atoms with E-state index in [1.54, 1.807) is 6.08 Å². The fourth-order valence-corrected chi connectivity index (χ4v) is 2.67. The average Bonchev–Trinajstić information content (AvgIpc) is 2.29. The van der Waals surface area contributed by atoms with Gasteiger partial charge in [-0.05, 0) is 32.1 Å². The SMILES string of the molecule is C=CCC1(C(=O)CC)CCC(C(=O)O)CC1. The van der Waals surface area contributed by atoms with Gasteiger partial charge in [-0.25, -0.2) is 0 Å². The van der Waals surface area contributed by atoms with E-state index in [-0.39, 0.29) is 17.1 Å². The minimum Gasteiger partial charge on any atom is -0.481 e. The van der Waals surface area contributed by atoms with Gasteiger partial charge in [0, 0.05) is 11.8 Å². The van der Waals surface area contributed by atoms with Crippen LogP contribution in [-0.4, -0.2) is 16.9 Å². The molecule has 3 nitrogen and oxygen atoms in total. The molecule has 16 heavy (non-hydrogen) atoms. The van der Waals surface area contributed by atoms with Gasteiger partial charge in [0.05, 0.1) is 5.92 Å². The molecule has 1 N–H and O–H groups in total. The summed E-state index contributed by atoms with van der Waals surface area (Å²) < 4.78 is 0.